The van der Waals surface area contributed by atoms with E-state index in [1.165, 1.54) is 19.3 Å². The second kappa shape index (κ2) is 5.20. The van der Waals surface area contributed by atoms with Crippen LogP contribution in [0.1, 0.15) is 52.9 Å². The topological polar surface area (TPSA) is 40.5 Å². The van der Waals surface area contributed by atoms with E-state index in [2.05, 4.69) is 25.7 Å². The van der Waals surface area contributed by atoms with Gasteiger partial charge in [0.2, 0.25) is 0 Å². The van der Waals surface area contributed by atoms with Crippen LogP contribution < -0.4 is 0 Å². The van der Waals surface area contributed by atoms with Crippen molar-refractivity contribution in [1.82, 2.24) is 4.90 Å². The lowest BCUT2D eigenvalue weighted by molar-refractivity contribution is -0.155. The van der Waals surface area contributed by atoms with E-state index in [0.717, 1.165) is 25.9 Å². The summed E-state index contributed by atoms with van der Waals surface area (Å²) < 4.78 is 0. The van der Waals surface area contributed by atoms with Gasteiger partial charge in [0.25, 0.3) is 0 Å². The van der Waals surface area contributed by atoms with Crippen molar-refractivity contribution in [3.05, 3.63) is 0 Å². The summed E-state index contributed by atoms with van der Waals surface area (Å²) >= 11 is 0. The minimum absolute atomic E-state index is 0.115. The van der Waals surface area contributed by atoms with Crippen LogP contribution in [0.15, 0.2) is 0 Å². The molecule has 1 heterocycles. The van der Waals surface area contributed by atoms with Gasteiger partial charge in [0.05, 0.1) is 5.92 Å². The van der Waals surface area contributed by atoms with E-state index in [4.69, 9.17) is 0 Å². The number of nitrogens with zero attached hydrogens (tertiary/aromatic N) is 1. The molecule has 0 bridgehead atoms. The van der Waals surface area contributed by atoms with Crippen molar-refractivity contribution < 1.29 is 9.90 Å². The molecular weight excluding hydrogens is 226 g/mol. The maximum Gasteiger partial charge on any atom is 0.308 e. The summed E-state index contributed by atoms with van der Waals surface area (Å²) in [5.41, 5.74) is 0.308. The molecule has 104 valence electrons. The fourth-order valence-electron chi connectivity index (χ4n) is 3.74. The van der Waals surface area contributed by atoms with Crippen LogP contribution in [0.25, 0.3) is 0 Å². The van der Waals surface area contributed by atoms with Gasteiger partial charge in [0, 0.05) is 6.04 Å². The zero-order chi connectivity index (χ0) is 13.3. The molecule has 1 saturated heterocycles. The Morgan fingerprint density at radius 3 is 2.33 bits per heavy atom. The molecule has 1 aliphatic carbocycles. The highest BCUT2D eigenvalue weighted by molar-refractivity contribution is 5.72. The van der Waals surface area contributed by atoms with Gasteiger partial charge in [0.1, 0.15) is 0 Å². The molecule has 3 unspecified atom stereocenters. The van der Waals surface area contributed by atoms with Crippen LogP contribution in [0.2, 0.25) is 0 Å². The first kappa shape index (κ1) is 13.9. The van der Waals surface area contributed by atoms with E-state index in [1.807, 2.05) is 0 Å². The average molecular weight is 253 g/mol. The van der Waals surface area contributed by atoms with Crippen LogP contribution in [-0.2, 0) is 4.79 Å². The fourth-order valence-corrected chi connectivity index (χ4v) is 3.74. The Balaban J connectivity index is 2.01. The third kappa shape index (κ3) is 3.05. The Kier molecular flexibility index (Phi) is 4.00. The zero-order valence-corrected chi connectivity index (χ0v) is 12.0. The summed E-state index contributed by atoms with van der Waals surface area (Å²) in [5.74, 6) is -0.115. The summed E-state index contributed by atoms with van der Waals surface area (Å²) in [6.07, 6.45) is 5.83. The number of carboxylic acid groups (broad SMARTS) is 1. The number of likely N-dealkylation sites (tertiary alicyclic amines) is 1. The van der Waals surface area contributed by atoms with E-state index in [0.29, 0.717) is 17.4 Å². The van der Waals surface area contributed by atoms with Gasteiger partial charge in [-0.1, -0.05) is 27.2 Å². The summed E-state index contributed by atoms with van der Waals surface area (Å²) in [6, 6.07) is 0.307. The van der Waals surface area contributed by atoms with Crippen LogP contribution >= 0.6 is 0 Å². The molecule has 0 radical (unpaired) electrons. The van der Waals surface area contributed by atoms with Crippen LogP contribution in [0.5, 0.6) is 0 Å². The highest BCUT2D eigenvalue weighted by Gasteiger charge is 2.49. The van der Waals surface area contributed by atoms with Crippen molar-refractivity contribution in [3.8, 4) is 0 Å². The van der Waals surface area contributed by atoms with Gasteiger partial charge in [-0.05, 0) is 50.1 Å². The molecule has 0 aromatic heterocycles. The van der Waals surface area contributed by atoms with Crippen molar-refractivity contribution in [3.63, 3.8) is 0 Å². The number of aliphatic carboxylic acids is 1. The number of carboxylic acids is 1. The molecular formula is C15H27NO2. The first-order valence-corrected chi connectivity index (χ1v) is 7.35. The Morgan fingerprint density at radius 1 is 1.22 bits per heavy atom. The highest BCUT2D eigenvalue weighted by Crippen LogP contribution is 2.45. The van der Waals surface area contributed by atoms with E-state index in [1.54, 1.807) is 0 Å². The SMILES string of the molecule is CC(C)(C)CC1CC(C(=O)O)C1N1CCCCC1. The summed E-state index contributed by atoms with van der Waals surface area (Å²) in [5, 5.41) is 9.32. The Bertz CT molecular complexity index is 302. The standard InChI is InChI=1S/C15H27NO2/c1-15(2,3)10-11-9-12(14(17)18)13(11)16-7-5-4-6-8-16/h11-13H,4-10H2,1-3H3,(H,17,18). The number of hydrogen-bond donors (Lipinski definition) is 1. The number of rotatable bonds is 3. The van der Waals surface area contributed by atoms with E-state index in [9.17, 15) is 9.90 Å². The van der Waals surface area contributed by atoms with Crippen LogP contribution in [0.3, 0.4) is 0 Å². The molecule has 0 spiro atoms. The molecule has 2 fully saturated rings. The predicted molar refractivity (Wildman–Crippen MR) is 72.5 cm³/mol. The zero-order valence-electron chi connectivity index (χ0n) is 12.0. The monoisotopic (exact) mass is 253 g/mol. The van der Waals surface area contributed by atoms with Crippen molar-refractivity contribution in [2.45, 2.75) is 58.9 Å². The molecule has 18 heavy (non-hydrogen) atoms. The Morgan fingerprint density at radius 2 is 1.83 bits per heavy atom. The molecule has 3 nitrogen and oxygen atoms in total. The quantitative estimate of drug-likeness (QED) is 0.840. The molecule has 0 amide bonds. The molecule has 1 saturated carbocycles. The predicted octanol–water partition coefficient (Wildman–Crippen LogP) is 3.00. The van der Waals surface area contributed by atoms with Crippen molar-refractivity contribution in [2.75, 3.05) is 13.1 Å². The van der Waals surface area contributed by atoms with Gasteiger partial charge in [-0.25, -0.2) is 0 Å². The lowest BCUT2D eigenvalue weighted by Gasteiger charge is -2.51. The van der Waals surface area contributed by atoms with Crippen molar-refractivity contribution >= 4 is 5.97 Å². The lowest BCUT2D eigenvalue weighted by atomic mass is 9.63. The van der Waals surface area contributed by atoms with E-state index in [-0.39, 0.29) is 5.92 Å². The Labute approximate surface area is 111 Å². The average Bonchev–Trinajstić information content (AvgIpc) is 2.23. The second-order valence-electron chi connectivity index (χ2n) is 7.29. The third-order valence-corrected chi connectivity index (χ3v) is 4.46. The van der Waals surface area contributed by atoms with Crippen LogP contribution in [0, 0.1) is 17.3 Å². The highest BCUT2D eigenvalue weighted by atomic mass is 16.4. The van der Waals surface area contributed by atoms with Crippen molar-refractivity contribution in [1.29, 1.82) is 0 Å². The van der Waals surface area contributed by atoms with E-state index < -0.39 is 5.97 Å². The minimum atomic E-state index is -0.587. The molecule has 3 heteroatoms. The maximum absolute atomic E-state index is 11.3. The van der Waals surface area contributed by atoms with Crippen LogP contribution in [0.4, 0.5) is 0 Å². The maximum atomic E-state index is 11.3. The Hall–Kier alpha value is -0.570. The number of carbonyl (C=O) groups is 1. The van der Waals surface area contributed by atoms with Gasteiger partial charge in [-0.2, -0.15) is 0 Å². The lowest BCUT2D eigenvalue weighted by Crippen LogP contribution is -2.58. The summed E-state index contributed by atoms with van der Waals surface area (Å²) in [4.78, 5) is 13.8. The van der Waals surface area contributed by atoms with Gasteiger partial charge >= 0.3 is 5.97 Å². The molecule has 0 aromatic carbocycles. The molecule has 0 aromatic rings. The fraction of sp³-hybridized carbons (Fsp3) is 0.933. The second-order valence-corrected chi connectivity index (χ2v) is 7.29. The molecule has 2 aliphatic rings. The third-order valence-electron chi connectivity index (χ3n) is 4.46. The van der Waals surface area contributed by atoms with Gasteiger partial charge in [0.15, 0.2) is 0 Å². The molecule has 2 rings (SSSR count). The van der Waals surface area contributed by atoms with Gasteiger partial charge in [-0.15, -0.1) is 0 Å². The first-order valence-electron chi connectivity index (χ1n) is 7.35. The summed E-state index contributed by atoms with van der Waals surface area (Å²) in [7, 11) is 0. The molecule has 3 atom stereocenters. The van der Waals surface area contributed by atoms with Gasteiger partial charge in [-0.3, -0.25) is 9.69 Å². The number of piperidine rings is 1. The minimum Gasteiger partial charge on any atom is -0.481 e. The first-order chi connectivity index (χ1) is 8.38. The summed E-state index contributed by atoms with van der Waals surface area (Å²) in [6.45, 7) is 8.99. The smallest absolute Gasteiger partial charge is 0.308 e. The van der Waals surface area contributed by atoms with E-state index >= 15 is 0 Å². The van der Waals surface area contributed by atoms with Crippen LogP contribution in [-0.4, -0.2) is 35.1 Å². The largest absolute Gasteiger partial charge is 0.481 e. The normalized spacial score (nSPS) is 34.1. The number of hydrogen-bond acceptors (Lipinski definition) is 2. The molecule has 1 N–H and O–H groups in total. The van der Waals surface area contributed by atoms with Crippen molar-refractivity contribution in [2.24, 2.45) is 17.3 Å². The molecule has 1 aliphatic heterocycles. The van der Waals surface area contributed by atoms with Gasteiger partial charge < -0.3 is 5.11 Å².